The van der Waals surface area contributed by atoms with Gasteiger partial charge in [-0.1, -0.05) is 17.7 Å². The summed E-state index contributed by atoms with van der Waals surface area (Å²) in [5.41, 5.74) is 1.86. The lowest BCUT2D eigenvalue weighted by Gasteiger charge is -2.35. The second-order valence-corrected chi connectivity index (χ2v) is 8.54. The molecule has 2 aliphatic heterocycles. The lowest BCUT2D eigenvalue weighted by molar-refractivity contribution is -0.138. The molecular weight excluding hydrogens is 371 g/mol. The third-order valence-corrected chi connectivity index (χ3v) is 6.88. The zero-order valence-corrected chi connectivity index (χ0v) is 16.2. The summed E-state index contributed by atoms with van der Waals surface area (Å²) in [6.07, 6.45) is 2.64. The Bertz CT molecular complexity index is 781. The monoisotopic (exact) mass is 392 g/mol. The highest BCUT2D eigenvalue weighted by Crippen LogP contribution is 2.28. The van der Waals surface area contributed by atoms with E-state index in [0.29, 0.717) is 17.1 Å². The Morgan fingerprint density at radius 3 is 2.81 bits per heavy atom. The lowest BCUT2D eigenvalue weighted by Crippen LogP contribution is -2.44. The van der Waals surface area contributed by atoms with Crippen molar-refractivity contribution < 1.29 is 9.18 Å². The van der Waals surface area contributed by atoms with Crippen molar-refractivity contribution in [1.82, 2.24) is 9.80 Å². The van der Waals surface area contributed by atoms with Crippen LogP contribution in [0.5, 0.6) is 0 Å². The van der Waals surface area contributed by atoms with Crippen LogP contribution >= 0.6 is 22.9 Å². The van der Waals surface area contributed by atoms with Crippen LogP contribution < -0.4 is 0 Å². The Labute approximate surface area is 162 Å². The van der Waals surface area contributed by atoms with Crippen LogP contribution in [0, 0.1) is 11.7 Å². The van der Waals surface area contributed by atoms with Crippen LogP contribution in [0.1, 0.15) is 28.8 Å². The van der Waals surface area contributed by atoms with Crippen molar-refractivity contribution >= 4 is 28.8 Å². The highest BCUT2D eigenvalue weighted by molar-refractivity contribution is 7.10. The van der Waals surface area contributed by atoms with Crippen LogP contribution in [0.25, 0.3) is 0 Å². The number of hydrogen-bond donors (Lipinski definition) is 0. The number of carbonyl (C=O) groups excluding carboxylic acids is 1. The molecule has 1 saturated heterocycles. The zero-order chi connectivity index (χ0) is 18.1. The first-order valence-electron chi connectivity index (χ1n) is 9.11. The lowest BCUT2D eigenvalue weighted by atomic mass is 9.94. The highest BCUT2D eigenvalue weighted by atomic mass is 35.5. The number of rotatable bonds is 3. The summed E-state index contributed by atoms with van der Waals surface area (Å²) in [7, 11) is 0. The largest absolute Gasteiger partial charge is 0.338 e. The zero-order valence-electron chi connectivity index (χ0n) is 14.6. The average molecular weight is 393 g/mol. The van der Waals surface area contributed by atoms with Gasteiger partial charge in [0.25, 0.3) is 0 Å². The van der Waals surface area contributed by atoms with Crippen LogP contribution in [0.2, 0.25) is 5.02 Å². The summed E-state index contributed by atoms with van der Waals surface area (Å²) in [4.78, 5) is 18.5. The minimum atomic E-state index is -0.254. The molecule has 0 spiro atoms. The van der Waals surface area contributed by atoms with E-state index in [9.17, 15) is 9.18 Å². The molecule has 26 heavy (non-hydrogen) atoms. The number of thiophene rings is 1. The summed E-state index contributed by atoms with van der Waals surface area (Å²) in [6.45, 7) is 3.70. The van der Waals surface area contributed by atoms with Gasteiger partial charge in [0.2, 0.25) is 5.91 Å². The molecule has 1 fully saturated rings. The first-order valence-corrected chi connectivity index (χ1v) is 10.4. The van der Waals surface area contributed by atoms with Gasteiger partial charge in [-0.3, -0.25) is 9.69 Å². The SMILES string of the molecule is O=C(C1CCN(Cc2c(F)cccc2Cl)CC1)N1CCc2sccc2C1. The van der Waals surface area contributed by atoms with E-state index in [1.807, 2.05) is 4.90 Å². The van der Waals surface area contributed by atoms with Crippen LogP contribution in [0.3, 0.4) is 0 Å². The van der Waals surface area contributed by atoms with Gasteiger partial charge in [-0.15, -0.1) is 11.3 Å². The Balaban J connectivity index is 1.33. The summed E-state index contributed by atoms with van der Waals surface area (Å²) < 4.78 is 14.0. The summed E-state index contributed by atoms with van der Waals surface area (Å²) >= 11 is 7.93. The van der Waals surface area contributed by atoms with E-state index in [1.165, 1.54) is 16.5 Å². The van der Waals surface area contributed by atoms with Crippen molar-refractivity contribution in [2.75, 3.05) is 19.6 Å². The molecule has 3 nitrogen and oxygen atoms in total. The number of likely N-dealkylation sites (tertiary alicyclic amines) is 1. The quantitative estimate of drug-likeness (QED) is 0.775. The van der Waals surface area contributed by atoms with Gasteiger partial charge in [-0.25, -0.2) is 4.39 Å². The summed E-state index contributed by atoms with van der Waals surface area (Å²) in [6, 6.07) is 6.95. The first kappa shape index (κ1) is 18.0. The molecule has 1 amide bonds. The number of carbonyl (C=O) groups is 1. The number of nitrogens with zero attached hydrogens (tertiary/aromatic N) is 2. The Morgan fingerprint density at radius 1 is 1.23 bits per heavy atom. The van der Waals surface area contributed by atoms with E-state index >= 15 is 0 Å². The molecule has 1 aromatic carbocycles. The number of benzene rings is 1. The maximum Gasteiger partial charge on any atom is 0.226 e. The van der Waals surface area contributed by atoms with Gasteiger partial charge in [0.15, 0.2) is 0 Å². The Kier molecular flexibility index (Phi) is 5.30. The smallest absolute Gasteiger partial charge is 0.226 e. The van der Waals surface area contributed by atoms with Gasteiger partial charge in [-0.2, -0.15) is 0 Å². The minimum Gasteiger partial charge on any atom is -0.338 e. The first-order chi connectivity index (χ1) is 12.6. The molecule has 0 radical (unpaired) electrons. The number of amides is 1. The number of hydrogen-bond acceptors (Lipinski definition) is 3. The number of piperidine rings is 1. The normalized spacial score (nSPS) is 18.8. The van der Waals surface area contributed by atoms with Crippen LogP contribution in [-0.2, 0) is 24.3 Å². The van der Waals surface area contributed by atoms with E-state index in [4.69, 9.17) is 11.6 Å². The minimum absolute atomic E-state index is 0.0857. The molecule has 2 aromatic rings. The average Bonchev–Trinajstić information content (AvgIpc) is 3.12. The standard InChI is InChI=1S/C20H22ClFN2OS/c21-17-2-1-3-18(22)16(17)13-23-8-4-14(5-9-23)20(25)24-10-6-19-15(12-24)7-11-26-19/h1-3,7,11,14H,4-6,8-10,12-13H2. The van der Waals surface area contributed by atoms with E-state index in [-0.39, 0.29) is 17.6 Å². The maximum atomic E-state index is 14.0. The second-order valence-electron chi connectivity index (χ2n) is 7.13. The second kappa shape index (κ2) is 7.67. The van der Waals surface area contributed by atoms with Crippen molar-refractivity contribution in [3.63, 3.8) is 0 Å². The number of halogens is 2. The molecule has 0 bridgehead atoms. The van der Waals surface area contributed by atoms with Crippen molar-refractivity contribution in [3.8, 4) is 0 Å². The number of fused-ring (bicyclic) bond motifs is 1. The summed E-state index contributed by atoms with van der Waals surface area (Å²) in [5, 5.41) is 2.59. The predicted octanol–water partition coefficient (Wildman–Crippen LogP) is 4.34. The molecule has 4 rings (SSSR count). The Morgan fingerprint density at radius 2 is 2.04 bits per heavy atom. The Hall–Kier alpha value is -1.43. The molecule has 0 aliphatic carbocycles. The van der Waals surface area contributed by atoms with Crippen molar-refractivity contribution in [3.05, 3.63) is 56.5 Å². The van der Waals surface area contributed by atoms with Gasteiger partial charge in [0.1, 0.15) is 5.82 Å². The van der Waals surface area contributed by atoms with E-state index < -0.39 is 0 Å². The van der Waals surface area contributed by atoms with Gasteiger partial charge in [0.05, 0.1) is 0 Å². The maximum absolute atomic E-state index is 14.0. The molecule has 138 valence electrons. The van der Waals surface area contributed by atoms with Crippen molar-refractivity contribution in [1.29, 1.82) is 0 Å². The molecule has 6 heteroatoms. The van der Waals surface area contributed by atoms with Gasteiger partial charge >= 0.3 is 0 Å². The summed E-state index contributed by atoms with van der Waals surface area (Å²) in [5.74, 6) is 0.114. The van der Waals surface area contributed by atoms with Gasteiger partial charge < -0.3 is 4.90 Å². The fourth-order valence-corrected chi connectivity index (χ4v) is 5.05. The highest BCUT2D eigenvalue weighted by Gasteiger charge is 2.30. The fourth-order valence-electron chi connectivity index (χ4n) is 3.94. The molecule has 0 atom stereocenters. The predicted molar refractivity (Wildman–Crippen MR) is 103 cm³/mol. The topological polar surface area (TPSA) is 23.6 Å². The van der Waals surface area contributed by atoms with E-state index in [1.54, 1.807) is 23.5 Å². The molecule has 0 saturated carbocycles. The van der Waals surface area contributed by atoms with Crippen molar-refractivity contribution in [2.24, 2.45) is 5.92 Å². The third-order valence-electron chi connectivity index (χ3n) is 5.50. The van der Waals surface area contributed by atoms with Crippen molar-refractivity contribution in [2.45, 2.75) is 32.4 Å². The van der Waals surface area contributed by atoms with Crippen LogP contribution in [0.4, 0.5) is 4.39 Å². The van der Waals surface area contributed by atoms with E-state index in [2.05, 4.69) is 16.3 Å². The molecular formula is C20H22ClFN2OS. The third kappa shape index (κ3) is 3.66. The van der Waals surface area contributed by atoms with Gasteiger partial charge in [0, 0.05) is 41.0 Å². The van der Waals surface area contributed by atoms with E-state index in [0.717, 1.165) is 45.4 Å². The molecule has 3 heterocycles. The molecule has 0 unspecified atom stereocenters. The molecule has 1 aromatic heterocycles. The van der Waals surface area contributed by atoms with Gasteiger partial charge in [-0.05, 0) is 61.5 Å². The van der Waals surface area contributed by atoms with Crippen LogP contribution in [0.15, 0.2) is 29.6 Å². The van der Waals surface area contributed by atoms with Crippen LogP contribution in [-0.4, -0.2) is 35.3 Å². The fraction of sp³-hybridized carbons (Fsp3) is 0.450. The molecule has 2 aliphatic rings. The molecule has 0 N–H and O–H groups in total.